The Labute approximate surface area is 479 Å². The number of nitriles is 1. The van der Waals surface area contributed by atoms with Crippen molar-refractivity contribution in [1.29, 1.82) is 5.26 Å². The second-order valence-electron chi connectivity index (χ2n) is 21.1. The van der Waals surface area contributed by atoms with Gasteiger partial charge in [-0.2, -0.15) is 71.1 Å². The van der Waals surface area contributed by atoms with Gasteiger partial charge in [-0.15, -0.1) is 0 Å². The van der Waals surface area contributed by atoms with Gasteiger partial charge in [-0.3, -0.25) is 10.2 Å². The predicted molar refractivity (Wildman–Crippen MR) is 286 cm³/mol. The number of ether oxygens (including phenoxy) is 3. The number of amides is 1. The Hall–Kier alpha value is -8.10. The molecule has 6 aromatic carbocycles. The normalized spacial score (nSPS) is 17.6. The predicted octanol–water partition coefficient (Wildman–Crippen LogP) is 17.8. The fraction of sp³-hybridized carbons (Fsp3) is 0.361. The second kappa shape index (κ2) is 24.5. The lowest BCUT2D eigenvalue weighted by Gasteiger charge is -2.29. The first-order valence-corrected chi connectivity index (χ1v) is 26.2. The van der Waals surface area contributed by atoms with Crippen LogP contribution in [0.15, 0.2) is 114 Å². The molecule has 0 spiro atoms. The van der Waals surface area contributed by atoms with Crippen molar-refractivity contribution in [2.24, 2.45) is 4.99 Å². The van der Waals surface area contributed by atoms with E-state index in [9.17, 15) is 75.9 Å². The highest BCUT2D eigenvalue weighted by Gasteiger charge is 2.45. The van der Waals surface area contributed by atoms with Crippen LogP contribution in [0.4, 0.5) is 70.7 Å². The topological polar surface area (TPSA) is 99.4 Å². The minimum Gasteiger partial charge on any atom is -0.496 e. The van der Waals surface area contributed by atoms with E-state index in [1.165, 1.54) is 33.3 Å². The van der Waals surface area contributed by atoms with Gasteiger partial charge in [0, 0.05) is 29.8 Å². The summed E-state index contributed by atoms with van der Waals surface area (Å²) in [6.45, 7) is 11.6. The monoisotopic (exact) mass is 1210 g/mol. The summed E-state index contributed by atoms with van der Waals surface area (Å²) in [4.78, 5) is 19.9. The number of hydrogen-bond acceptors (Lipinski definition) is 8. The summed E-state index contributed by atoms with van der Waals surface area (Å²) >= 11 is 0. The smallest absolute Gasteiger partial charge is 0.416 e. The Balaban J connectivity index is 0.000000244. The van der Waals surface area contributed by atoms with Crippen LogP contribution in [-0.4, -0.2) is 48.2 Å². The van der Waals surface area contributed by atoms with Crippen LogP contribution >= 0.6 is 0 Å². The molecule has 454 valence electrons. The third-order valence-electron chi connectivity index (χ3n) is 14.6. The van der Waals surface area contributed by atoms with Crippen molar-refractivity contribution < 1.29 is 84.9 Å². The van der Waals surface area contributed by atoms with Crippen LogP contribution in [0.3, 0.4) is 0 Å². The van der Waals surface area contributed by atoms with Crippen LogP contribution in [-0.2, 0) is 48.7 Å². The van der Waals surface area contributed by atoms with Gasteiger partial charge in [-0.05, 0) is 150 Å². The van der Waals surface area contributed by atoms with Crippen LogP contribution in [0.25, 0.3) is 22.3 Å². The van der Waals surface area contributed by atoms with Gasteiger partial charge < -0.3 is 19.1 Å². The Morgan fingerprint density at radius 2 is 1.05 bits per heavy atom. The summed E-state index contributed by atoms with van der Waals surface area (Å²) in [5, 5.41) is 11.9. The molecule has 0 radical (unpaired) electrons. The van der Waals surface area contributed by atoms with E-state index < -0.39 is 101 Å². The molecule has 0 aromatic heterocycles. The summed E-state index contributed by atoms with van der Waals surface area (Å²) in [6, 6.07) is 19.1. The van der Waals surface area contributed by atoms with Crippen LogP contribution in [0.5, 0.6) is 11.5 Å². The van der Waals surface area contributed by atoms with Crippen molar-refractivity contribution in [3.8, 4) is 39.9 Å². The molecule has 1 unspecified atom stereocenters. The molecule has 9 nitrogen and oxygen atoms in total. The number of halogens is 15. The fourth-order valence-corrected chi connectivity index (χ4v) is 10.2. The molecule has 0 saturated carbocycles. The standard InChI is InChI=1S/C31H30F6N4O.C30H26F9NO3/c1-17(2)20-6-9-27(42-5)26(14-20)25-8-7-23(30(32,33)34)13-22(25)15-41-19(4)28(40-29(41)39-16-38)21-10-18(3)11-24(12-21)31(35,36)37;1-15(2)18-5-8-25(42-4)23(11-18)22-7-6-19(28(31,32)33)13-24(22)26-16(3)40(27(41)43-26)14-17-9-20(29(34,35)36)12-21(10-17)30(37,38)39/h6-14,17,19,28H,15H2,1-5H3,(H,39,40);5-13,15-16,26H,14H2,1-4H3/t19-,28-;16-,26?/m00/s1. The molecule has 1 saturated heterocycles. The van der Waals surface area contributed by atoms with Gasteiger partial charge in [-0.25, -0.2) is 9.79 Å². The zero-order valence-corrected chi connectivity index (χ0v) is 46.9. The van der Waals surface area contributed by atoms with Gasteiger partial charge >= 0.3 is 37.0 Å². The molecule has 1 amide bonds. The molecule has 8 rings (SSSR count). The first-order valence-electron chi connectivity index (χ1n) is 26.2. The third kappa shape index (κ3) is 14.5. The highest BCUT2D eigenvalue weighted by molar-refractivity contribution is 5.85. The largest absolute Gasteiger partial charge is 0.496 e. The lowest BCUT2D eigenvalue weighted by atomic mass is 9.89. The number of rotatable bonds is 12. The van der Waals surface area contributed by atoms with Crippen molar-refractivity contribution >= 4 is 12.1 Å². The minimum absolute atomic E-state index is 0.0361. The molecular formula is C61H56F15N5O4. The molecule has 0 bridgehead atoms. The average molecular weight is 1210 g/mol. The first kappa shape index (κ1) is 64.5. The number of aliphatic imine (C=N–C) groups is 1. The summed E-state index contributed by atoms with van der Waals surface area (Å²) in [7, 11) is 2.85. The number of nitrogens with one attached hydrogen (secondary N) is 1. The average Bonchev–Trinajstić information content (AvgIpc) is 3.11. The van der Waals surface area contributed by atoms with Gasteiger partial charge in [-0.1, -0.05) is 63.6 Å². The van der Waals surface area contributed by atoms with Crippen molar-refractivity contribution in [1.82, 2.24) is 15.1 Å². The lowest BCUT2D eigenvalue weighted by Crippen LogP contribution is -2.40. The minimum atomic E-state index is -5.10. The SMILES string of the molecule is COc1ccc(C(C)C)cc1-c1ccc(C(F)(F)F)cc1C1OC(=O)N(Cc2cc(C(F)(F)F)cc(C(F)(F)F)c2)[C@H]1C.COc1ccc(C(C)C)cc1-c1ccc(C(F)(F)F)cc1CN1C(NC#N)=N[C@H](c2cc(C)cc(C(F)(F)F)c2)[C@@H]1C. The van der Waals surface area contributed by atoms with E-state index in [0.717, 1.165) is 52.4 Å². The summed E-state index contributed by atoms with van der Waals surface area (Å²) < 4.78 is 220. The van der Waals surface area contributed by atoms with E-state index in [0.29, 0.717) is 45.9 Å². The Morgan fingerprint density at radius 1 is 0.565 bits per heavy atom. The lowest BCUT2D eigenvalue weighted by molar-refractivity contribution is -0.143. The van der Waals surface area contributed by atoms with Gasteiger partial charge in [0.1, 0.15) is 17.6 Å². The number of methoxy groups -OCH3 is 2. The number of carbonyl (C=O) groups excluding carboxylic acids is 1. The number of hydrogen-bond donors (Lipinski definition) is 1. The molecular weight excluding hydrogens is 1150 g/mol. The molecule has 0 aliphatic carbocycles. The van der Waals surface area contributed by atoms with Crippen molar-refractivity contribution in [3.05, 3.63) is 176 Å². The number of nitrogens with zero attached hydrogens (tertiary/aromatic N) is 4. The molecule has 2 aliphatic rings. The summed E-state index contributed by atoms with van der Waals surface area (Å²) in [5.41, 5.74) is -1.91. The summed E-state index contributed by atoms with van der Waals surface area (Å²) in [5.74, 6) is 1.02. The van der Waals surface area contributed by atoms with E-state index in [1.807, 2.05) is 39.8 Å². The molecule has 6 aromatic rings. The van der Waals surface area contributed by atoms with Gasteiger partial charge in [0.25, 0.3) is 0 Å². The van der Waals surface area contributed by atoms with Crippen molar-refractivity contribution in [2.75, 3.05) is 14.2 Å². The van der Waals surface area contributed by atoms with Crippen LogP contribution in [0.2, 0.25) is 0 Å². The van der Waals surface area contributed by atoms with E-state index in [-0.39, 0.29) is 52.7 Å². The number of alkyl halides is 15. The fourth-order valence-electron chi connectivity index (χ4n) is 10.2. The third-order valence-corrected chi connectivity index (χ3v) is 14.6. The number of aryl methyl sites for hydroxylation is 1. The van der Waals surface area contributed by atoms with Gasteiger partial charge in [0.2, 0.25) is 5.96 Å². The zero-order valence-electron chi connectivity index (χ0n) is 46.9. The number of guanidine groups is 1. The maximum Gasteiger partial charge on any atom is 0.416 e. The highest BCUT2D eigenvalue weighted by atomic mass is 19.4. The molecule has 24 heteroatoms. The second-order valence-corrected chi connectivity index (χ2v) is 21.1. The first-order chi connectivity index (χ1) is 39.4. The number of carbonyl (C=O) groups is 1. The van der Waals surface area contributed by atoms with E-state index in [4.69, 9.17) is 14.2 Å². The Kier molecular flexibility index (Phi) is 18.6. The van der Waals surface area contributed by atoms with E-state index >= 15 is 0 Å². The maximum atomic E-state index is 13.9. The molecule has 1 N–H and O–H groups in total. The molecule has 85 heavy (non-hydrogen) atoms. The van der Waals surface area contributed by atoms with Gasteiger partial charge in [0.05, 0.1) is 60.2 Å². The number of cyclic esters (lactones) is 1. The Morgan fingerprint density at radius 3 is 1.53 bits per heavy atom. The Bertz CT molecular complexity index is 3480. The summed E-state index contributed by atoms with van der Waals surface area (Å²) in [6.07, 6.45) is -24.9. The van der Waals surface area contributed by atoms with Crippen molar-refractivity contribution in [2.45, 2.75) is 129 Å². The van der Waals surface area contributed by atoms with E-state index in [2.05, 4.69) is 10.3 Å². The molecule has 4 atom stereocenters. The maximum absolute atomic E-state index is 13.9. The highest BCUT2D eigenvalue weighted by Crippen LogP contribution is 2.47. The van der Waals surface area contributed by atoms with Gasteiger partial charge in [0.15, 0.2) is 6.19 Å². The van der Waals surface area contributed by atoms with Crippen LogP contribution in [0, 0.1) is 18.4 Å². The molecule has 1 fully saturated rings. The van der Waals surface area contributed by atoms with E-state index in [1.54, 1.807) is 55.3 Å². The zero-order chi connectivity index (χ0) is 63.1. The quantitative estimate of drug-likeness (QED) is 0.0740. The number of benzene rings is 6. The molecule has 2 heterocycles. The molecule has 2 aliphatic heterocycles. The van der Waals surface area contributed by atoms with Crippen LogP contribution in [0.1, 0.15) is 132 Å². The van der Waals surface area contributed by atoms with Crippen molar-refractivity contribution in [3.63, 3.8) is 0 Å². The van der Waals surface area contributed by atoms with Crippen LogP contribution < -0.4 is 14.8 Å².